The van der Waals surface area contributed by atoms with Gasteiger partial charge in [-0.05, 0) is 56.2 Å². The van der Waals surface area contributed by atoms with Crippen LogP contribution in [0.5, 0.6) is 0 Å². The van der Waals surface area contributed by atoms with Crippen LogP contribution in [-0.4, -0.2) is 47.8 Å². The molecule has 1 saturated heterocycles. The van der Waals surface area contributed by atoms with E-state index >= 15 is 0 Å². The zero-order valence-corrected chi connectivity index (χ0v) is 20.4. The number of carbonyl (C=O) groups excluding carboxylic acids is 2. The van der Waals surface area contributed by atoms with E-state index in [2.05, 4.69) is 20.8 Å². The molecule has 2 N–H and O–H groups in total. The molecule has 0 spiro atoms. The second kappa shape index (κ2) is 10.00. The summed E-state index contributed by atoms with van der Waals surface area (Å²) >= 11 is 1.19. The maximum Gasteiger partial charge on any atom is 0.286 e. The van der Waals surface area contributed by atoms with Crippen molar-refractivity contribution in [2.24, 2.45) is 0 Å². The van der Waals surface area contributed by atoms with E-state index in [9.17, 15) is 18.0 Å². The lowest BCUT2D eigenvalue weighted by Crippen LogP contribution is -2.39. The lowest BCUT2D eigenvalue weighted by Gasteiger charge is -2.30. The summed E-state index contributed by atoms with van der Waals surface area (Å²) in [5.41, 5.74) is 2.30. The Hall–Kier alpha value is -3.15. The highest BCUT2D eigenvalue weighted by molar-refractivity contribution is 7.89. The fourth-order valence-electron chi connectivity index (χ4n) is 3.74. The number of amides is 2. The molecule has 2 heterocycles. The molecule has 1 fully saturated rings. The third-order valence-corrected chi connectivity index (χ3v) is 8.45. The molecule has 1 aliphatic rings. The topological polar surface area (TPSA) is 121 Å². The first-order valence-corrected chi connectivity index (χ1v) is 13.1. The van der Waals surface area contributed by atoms with Gasteiger partial charge in [0.2, 0.25) is 20.9 Å². The molecule has 1 aliphatic heterocycles. The molecular formula is C23H25N5O4S2. The molecule has 178 valence electrons. The van der Waals surface area contributed by atoms with Crippen LogP contribution in [0.1, 0.15) is 46.1 Å². The minimum atomic E-state index is -3.70. The lowest BCUT2D eigenvalue weighted by atomic mass is 10.0. The molecule has 9 nitrogen and oxygen atoms in total. The summed E-state index contributed by atoms with van der Waals surface area (Å²) in [4.78, 5) is 23.9. The van der Waals surface area contributed by atoms with E-state index in [1.807, 2.05) is 31.2 Å². The molecule has 0 saturated carbocycles. The molecule has 0 aliphatic carbocycles. The Kier molecular flexibility index (Phi) is 7.05. The highest BCUT2D eigenvalue weighted by Gasteiger charge is 2.33. The number of nitrogens with zero attached hydrogens (tertiary/aromatic N) is 3. The predicted octanol–water partition coefficient (Wildman–Crippen LogP) is 3.63. The number of nitrogens with one attached hydrogen (secondary N) is 2. The van der Waals surface area contributed by atoms with Crippen LogP contribution in [-0.2, 0) is 14.8 Å². The summed E-state index contributed by atoms with van der Waals surface area (Å²) in [6.07, 6.45) is 1.44. The van der Waals surface area contributed by atoms with Gasteiger partial charge in [-0.1, -0.05) is 29.0 Å². The number of aryl methyl sites for hydroxylation is 1. The van der Waals surface area contributed by atoms with Gasteiger partial charge in [-0.2, -0.15) is 4.31 Å². The van der Waals surface area contributed by atoms with Crippen molar-refractivity contribution in [3.8, 4) is 0 Å². The lowest BCUT2D eigenvalue weighted by molar-refractivity contribution is -0.114. The third-order valence-electron chi connectivity index (χ3n) is 5.49. The van der Waals surface area contributed by atoms with Gasteiger partial charge in [0.25, 0.3) is 5.91 Å². The van der Waals surface area contributed by atoms with E-state index in [0.717, 1.165) is 12.0 Å². The maximum absolute atomic E-state index is 13.2. The standard InChI is InChI=1S/C23H25N5O4S2/c1-15-5-7-19(8-6-15)25-21(30)23-27-26-22(33-23)17-4-3-13-28(14-17)34(31,32)20-11-9-18(10-12-20)24-16(2)29/h5-12,17H,3-4,13-14H2,1-2H3,(H,24,29)(H,25,30)/t17-/m0/s1. The molecule has 0 radical (unpaired) electrons. The van der Waals surface area contributed by atoms with E-state index in [4.69, 9.17) is 0 Å². The first-order valence-electron chi connectivity index (χ1n) is 10.8. The second-order valence-corrected chi connectivity index (χ2v) is 11.1. The monoisotopic (exact) mass is 499 g/mol. The SMILES string of the molecule is CC(=O)Nc1ccc(S(=O)(=O)N2CCC[C@H](c3nnc(C(=O)Nc4ccc(C)cc4)s3)C2)cc1. The smallest absolute Gasteiger partial charge is 0.286 e. The Bertz CT molecular complexity index is 1290. The van der Waals surface area contributed by atoms with Crippen LogP contribution < -0.4 is 10.6 Å². The number of benzene rings is 2. The molecule has 2 aromatic carbocycles. The minimum absolute atomic E-state index is 0.138. The Morgan fingerprint density at radius 2 is 1.65 bits per heavy atom. The second-order valence-electron chi connectivity index (χ2n) is 8.17. The van der Waals surface area contributed by atoms with Crippen molar-refractivity contribution in [3.63, 3.8) is 0 Å². The molecule has 34 heavy (non-hydrogen) atoms. The summed E-state index contributed by atoms with van der Waals surface area (Å²) < 4.78 is 27.8. The van der Waals surface area contributed by atoms with Gasteiger partial charge >= 0.3 is 0 Å². The Morgan fingerprint density at radius 3 is 2.32 bits per heavy atom. The fraction of sp³-hybridized carbons (Fsp3) is 0.304. The summed E-state index contributed by atoms with van der Waals surface area (Å²) in [6, 6.07) is 13.6. The zero-order valence-electron chi connectivity index (χ0n) is 18.8. The Labute approximate surface area is 202 Å². The number of sulfonamides is 1. The molecule has 0 bridgehead atoms. The first kappa shape index (κ1) is 24.0. The van der Waals surface area contributed by atoms with Crippen molar-refractivity contribution >= 4 is 44.5 Å². The number of hydrogen-bond donors (Lipinski definition) is 2. The van der Waals surface area contributed by atoms with Crippen molar-refractivity contribution in [1.82, 2.24) is 14.5 Å². The molecule has 1 atom stereocenters. The average molecular weight is 500 g/mol. The number of hydrogen-bond acceptors (Lipinski definition) is 7. The number of anilines is 2. The van der Waals surface area contributed by atoms with Crippen LogP contribution in [0.3, 0.4) is 0 Å². The summed E-state index contributed by atoms with van der Waals surface area (Å²) in [7, 11) is -3.70. The molecule has 3 aromatic rings. The normalized spacial score (nSPS) is 16.7. The minimum Gasteiger partial charge on any atom is -0.326 e. The van der Waals surface area contributed by atoms with Gasteiger partial charge in [-0.25, -0.2) is 8.42 Å². The van der Waals surface area contributed by atoms with Gasteiger partial charge < -0.3 is 10.6 Å². The van der Waals surface area contributed by atoms with Gasteiger partial charge in [0.15, 0.2) is 0 Å². The van der Waals surface area contributed by atoms with Crippen molar-refractivity contribution in [2.45, 2.75) is 37.5 Å². The van der Waals surface area contributed by atoms with Gasteiger partial charge in [0, 0.05) is 37.3 Å². The van der Waals surface area contributed by atoms with Crippen LogP contribution in [0.4, 0.5) is 11.4 Å². The van der Waals surface area contributed by atoms with Crippen LogP contribution in [0.15, 0.2) is 53.4 Å². The number of aromatic nitrogens is 2. The molecule has 1 aromatic heterocycles. The number of carbonyl (C=O) groups is 2. The van der Waals surface area contributed by atoms with Crippen LogP contribution >= 0.6 is 11.3 Å². The molecule has 2 amide bonds. The molecule has 0 unspecified atom stereocenters. The van der Waals surface area contributed by atoms with Crippen molar-refractivity contribution in [3.05, 3.63) is 64.1 Å². The van der Waals surface area contributed by atoms with E-state index in [0.29, 0.717) is 29.3 Å². The van der Waals surface area contributed by atoms with Gasteiger partial charge in [-0.15, -0.1) is 10.2 Å². The number of piperidine rings is 1. The number of rotatable bonds is 6. The molecule has 4 rings (SSSR count). The average Bonchev–Trinajstić information content (AvgIpc) is 3.31. The Morgan fingerprint density at radius 1 is 1.00 bits per heavy atom. The fourth-order valence-corrected chi connectivity index (χ4v) is 6.13. The maximum atomic E-state index is 13.2. The quantitative estimate of drug-likeness (QED) is 0.534. The van der Waals surface area contributed by atoms with Crippen molar-refractivity contribution in [2.75, 3.05) is 23.7 Å². The largest absolute Gasteiger partial charge is 0.326 e. The molecular weight excluding hydrogens is 474 g/mol. The van der Waals surface area contributed by atoms with E-state index in [1.165, 1.54) is 34.7 Å². The van der Waals surface area contributed by atoms with Crippen LogP contribution in [0.2, 0.25) is 0 Å². The van der Waals surface area contributed by atoms with E-state index in [-0.39, 0.29) is 34.2 Å². The van der Waals surface area contributed by atoms with Crippen LogP contribution in [0, 0.1) is 6.92 Å². The summed E-state index contributed by atoms with van der Waals surface area (Å²) in [6.45, 7) is 4.04. The van der Waals surface area contributed by atoms with E-state index in [1.54, 1.807) is 12.1 Å². The van der Waals surface area contributed by atoms with Crippen molar-refractivity contribution in [1.29, 1.82) is 0 Å². The van der Waals surface area contributed by atoms with E-state index < -0.39 is 10.0 Å². The van der Waals surface area contributed by atoms with Gasteiger partial charge in [0.05, 0.1) is 4.90 Å². The molecule has 11 heteroatoms. The first-order chi connectivity index (χ1) is 16.2. The third kappa shape index (κ3) is 5.49. The highest BCUT2D eigenvalue weighted by atomic mass is 32.2. The van der Waals surface area contributed by atoms with Crippen LogP contribution in [0.25, 0.3) is 0 Å². The highest BCUT2D eigenvalue weighted by Crippen LogP contribution is 2.32. The zero-order chi connectivity index (χ0) is 24.3. The van der Waals surface area contributed by atoms with Gasteiger partial charge in [-0.3, -0.25) is 9.59 Å². The van der Waals surface area contributed by atoms with Crippen molar-refractivity contribution < 1.29 is 18.0 Å². The Balaban J connectivity index is 1.44. The van der Waals surface area contributed by atoms with Gasteiger partial charge in [0.1, 0.15) is 5.01 Å². The summed E-state index contributed by atoms with van der Waals surface area (Å²) in [5.74, 6) is -0.703. The summed E-state index contributed by atoms with van der Waals surface area (Å²) in [5, 5.41) is 14.6. The predicted molar refractivity (Wildman–Crippen MR) is 131 cm³/mol.